The molecule has 1 unspecified atom stereocenters. The number of allylic oxidation sites excluding steroid dienone is 14. The number of nitrogens with zero attached hydrogens (tertiary/aromatic N) is 1. The lowest BCUT2D eigenvalue weighted by Gasteiger charge is -2.24. The van der Waals surface area contributed by atoms with Gasteiger partial charge in [0.05, 0.1) is 27.7 Å². The lowest BCUT2D eigenvalue weighted by Crippen LogP contribution is -2.37. The van der Waals surface area contributed by atoms with Gasteiger partial charge in [-0.05, 0) is 83.5 Å². The average molecular weight is 861 g/mol. The Bertz CT molecular complexity index is 1290. The molecule has 344 valence electrons. The molecule has 60 heavy (non-hydrogen) atoms. The van der Waals surface area contributed by atoms with Gasteiger partial charge in [0, 0.05) is 12.8 Å². The Hall–Kier alpha value is -2.81. The molecule has 0 radical (unpaired) electrons. The van der Waals surface area contributed by atoms with Crippen LogP contribution in [0.4, 0.5) is 0 Å². The van der Waals surface area contributed by atoms with Gasteiger partial charge in [-0.3, -0.25) is 18.6 Å². The van der Waals surface area contributed by atoms with Crippen molar-refractivity contribution >= 4 is 19.8 Å². The van der Waals surface area contributed by atoms with Crippen molar-refractivity contribution in [3.8, 4) is 0 Å². The summed E-state index contributed by atoms with van der Waals surface area (Å²) < 4.78 is 34.3. The van der Waals surface area contributed by atoms with Crippen LogP contribution in [-0.4, -0.2) is 74.9 Å². The predicted octanol–water partition coefficient (Wildman–Crippen LogP) is 13.6. The van der Waals surface area contributed by atoms with Gasteiger partial charge in [0.15, 0.2) is 6.10 Å². The molecule has 0 amide bonds. The molecule has 0 aliphatic carbocycles. The minimum Gasteiger partial charge on any atom is -0.462 e. The van der Waals surface area contributed by atoms with Gasteiger partial charge in [-0.1, -0.05) is 157 Å². The lowest BCUT2D eigenvalue weighted by molar-refractivity contribution is -0.870. The summed E-state index contributed by atoms with van der Waals surface area (Å²) in [6, 6.07) is 0. The molecule has 0 aromatic carbocycles. The third kappa shape index (κ3) is 44.7. The molecule has 0 aromatic rings. The van der Waals surface area contributed by atoms with Gasteiger partial charge in [0.2, 0.25) is 0 Å². The summed E-state index contributed by atoms with van der Waals surface area (Å²) in [4.78, 5) is 35.4. The largest absolute Gasteiger partial charge is 0.472 e. The molecule has 2 atom stereocenters. The van der Waals surface area contributed by atoms with Gasteiger partial charge in [0.25, 0.3) is 0 Å². The van der Waals surface area contributed by atoms with E-state index in [-0.39, 0.29) is 26.1 Å². The predicted molar refractivity (Wildman–Crippen MR) is 252 cm³/mol. The molecule has 0 aliphatic heterocycles. The first kappa shape index (κ1) is 57.2. The molecule has 0 saturated carbocycles. The number of hydrogen-bond donors (Lipinski definition) is 1. The number of carbonyl (C=O) groups excluding carboxylic acids is 2. The van der Waals surface area contributed by atoms with E-state index in [1.165, 1.54) is 57.8 Å². The van der Waals surface area contributed by atoms with Gasteiger partial charge in [-0.2, -0.15) is 0 Å². The zero-order valence-electron chi connectivity index (χ0n) is 38.7. The summed E-state index contributed by atoms with van der Waals surface area (Å²) in [7, 11) is 1.42. The quantitative estimate of drug-likeness (QED) is 0.0213. The fourth-order valence-corrected chi connectivity index (χ4v) is 6.53. The fourth-order valence-electron chi connectivity index (χ4n) is 5.78. The van der Waals surface area contributed by atoms with E-state index in [1.807, 2.05) is 27.2 Å². The number of ether oxygens (including phenoxy) is 2. The molecule has 0 bridgehead atoms. The minimum absolute atomic E-state index is 0.0160. The highest BCUT2D eigenvalue weighted by atomic mass is 31.2. The molecule has 0 fully saturated rings. The zero-order chi connectivity index (χ0) is 44.3. The van der Waals surface area contributed by atoms with Gasteiger partial charge >= 0.3 is 19.8 Å². The number of phosphoric acid groups is 1. The monoisotopic (exact) mass is 861 g/mol. The first-order chi connectivity index (χ1) is 29.0. The van der Waals surface area contributed by atoms with Crippen LogP contribution in [0.3, 0.4) is 0 Å². The van der Waals surface area contributed by atoms with Crippen molar-refractivity contribution in [1.29, 1.82) is 0 Å². The molecular formula is C50H87NO8P+. The molecule has 0 aromatic heterocycles. The first-order valence-corrected chi connectivity index (χ1v) is 24.8. The molecule has 0 saturated heterocycles. The summed E-state index contributed by atoms with van der Waals surface area (Å²) in [5.41, 5.74) is 0. The van der Waals surface area contributed by atoms with E-state index in [9.17, 15) is 19.0 Å². The van der Waals surface area contributed by atoms with Crippen LogP contribution in [0.25, 0.3) is 0 Å². The molecule has 0 aliphatic rings. The Morgan fingerprint density at radius 1 is 0.533 bits per heavy atom. The zero-order valence-corrected chi connectivity index (χ0v) is 39.6. The number of unbranched alkanes of at least 4 members (excludes halogenated alkanes) is 13. The van der Waals surface area contributed by atoms with Crippen molar-refractivity contribution in [3.63, 3.8) is 0 Å². The topological polar surface area (TPSA) is 108 Å². The summed E-state index contributed by atoms with van der Waals surface area (Å²) in [5.74, 6) is -0.878. The number of likely N-dealkylation sites (N-methyl/N-ethyl adjacent to an activating group) is 1. The van der Waals surface area contributed by atoms with Gasteiger partial charge in [-0.25, -0.2) is 4.57 Å². The van der Waals surface area contributed by atoms with Gasteiger partial charge in [0.1, 0.15) is 19.8 Å². The van der Waals surface area contributed by atoms with Crippen molar-refractivity contribution in [2.75, 3.05) is 47.5 Å². The smallest absolute Gasteiger partial charge is 0.462 e. The Balaban J connectivity index is 4.42. The second kappa shape index (κ2) is 41.5. The highest BCUT2D eigenvalue weighted by Gasteiger charge is 2.27. The third-order valence-corrected chi connectivity index (χ3v) is 10.4. The highest BCUT2D eigenvalue weighted by molar-refractivity contribution is 7.47. The van der Waals surface area contributed by atoms with Crippen LogP contribution >= 0.6 is 7.82 Å². The number of rotatable bonds is 41. The minimum atomic E-state index is -4.40. The Labute approximate surface area is 367 Å². The molecule has 9 nitrogen and oxygen atoms in total. The summed E-state index contributed by atoms with van der Waals surface area (Å²) >= 11 is 0. The Kier molecular flexibility index (Phi) is 39.6. The van der Waals surface area contributed by atoms with E-state index in [0.717, 1.165) is 70.6 Å². The van der Waals surface area contributed by atoms with Crippen LogP contribution in [0.5, 0.6) is 0 Å². The lowest BCUT2D eigenvalue weighted by atomic mass is 10.1. The number of phosphoric ester groups is 1. The SMILES string of the molecule is CC/C=C/C/C=C/C/C=C/C/C=C/C/C=C/CCCC(=O)O[C@H](COC(=O)CCCCCCCCCCC/C=C/C/C=C/CCCCC)COP(=O)(O)OCC[N+](C)(C)C. The van der Waals surface area contributed by atoms with Crippen LogP contribution in [0, 0.1) is 0 Å². The Morgan fingerprint density at radius 3 is 1.47 bits per heavy atom. The van der Waals surface area contributed by atoms with Crippen molar-refractivity contribution < 1.29 is 42.1 Å². The van der Waals surface area contributed by atoms with Gasteiger partial charge < -0.3 is 18.9 Å². The van der Waals surface area contributed by atoms with E-state index in [1.54, 1.807) is 0 Å². The van der Waals surface area contributed by atoms with E-state index < -0.39 is 32.5 Å². The number of quaternary nitrogens is 1. The van der Waals surface area contributed by atoms with E-state index in [0.29, 0.717) is 23.9 Å². The van der Waals surface area contributed by atoms with Crippen molar-refractivity contribution in [3.05, 3.63) is 85.1 Å². The van der Waals surface area contributed by atoms with Crippen molar-refractivity contribution in [2.45, 2.75) is 174 Å². The van der Waals surface area contributed by atoms with Crippen molar-refractivity contribution in [1.82, 2.24) is 0 Å². The highest BCUT2D eigenvalue weighted by Crippen LogP contribution is 2.43. The van der Waals surface area contributed by atoms with Crippen molar-refractivity contribution in [2.24, 2.45) is 0 Å². The molecule has 0 rings (SSSR count). The summed E-state index contributed by atoms with van der Waals surface area (Å²) in [5, 5.41) is 0. The molecule has 0 spiro atoms. The molecular weight excluding hydrogens is 774 g/mol. The van der Waals surface area contributed by atoms with Crippen LogP contribution in [0.15, 0.2) is 85.1 Å². The normalized spacial score (nSPS) is 14.3. The van der Waals surface area contributed by atoms with Crippen LogP contribution in [0.2, 0.25) is 0 Å². The number of carbonyl (C=O) groups is 2. The standard InChI is InChI=1S/C50H86NO8P/c1-6-8-10-12-14-16-18-20-22-24-25-27-28-30-32-34-36-38-40-42-49(52)56-46-48(47-58-60(54,55)57-45-44-51(3,4)5)59-50(53)43-41-39-37-35-33-31-29-26-23-21-19-17-15-13-11-9-7-2/h9,11,14-17,20-23,29,31,35,37,48H,6-8,10,12-13,18-19,24-28,30,32-34,36,38-47H2,1-5H3/p+1/b11-9+,16-14+,17-15+,22-20+,23-21+,31-29+,37-35+/t48-/m1/s1. The second-order valence-electron chi connectivity index (χ2n) is 16.4. The number of esters is 2. The maximum atomic E-state index is 12.7. The maximum absolute atomic E-state index is 12.7. The summed E-state index contributed by atoms with van der Waals surface area (Å²) in [6.07, 6.45) is 53.5. The molecule has 10 heteroatoms. The van der Waals surface area contributed by atoms with E-state index in [2.05, 4.69) is 92.8 Å². The molecule has 0 heterocycles. The van der Waals surface area contributed by atoms with Crippen LogP contribution in [-0.2, 0) is 32.7 Å². The molecule has 1 N–H and O–H groups in total. The summed E-state index contributed by atoms with van der Waals surface area (Å²) in [6.45, 7) is 4.20. The average Bonchev–Trinajstić information content (AvgIpc) is 3.20. The maximum Gasteiger partial charge on any atom is 0.472 e. The third-order valence-electron chi connectivity index (χ3n) is 9.41. The van der Waals surface area contributed by atoms with E-state index in [4.69, 9.17) is 18.5 Å². The Morgan fingerprint density at radius 2 is 0.967 bits per heavy atom. The number of hydrogen-bond acceptors (Lipinski definition) is 7. The fraction of sp³-hybridized carbons (Fsp3) is 0.680. The van der Waals surface area contributed by atoms with Gasteiger partial charge in [-0.15, -0.1) is 0 Å². The first-order valence-electron chi connectivity index (χ1n) is 23.3. The van der Waals surface area contributed by atoms with E-state index >= 15 is 0 Å². The van der Waals surface area contributed by atoms with Crippen LogP contribution in [0.1, 0.15) is 168 Å². The second-order valence-corrected chi connectivity index (χ2v) is 17.9. The van der Waals surface area contributed by atoms with Crippen LogP contribution < -0.4 is 0 Å².